The molecule has 0 N–H and O–H groups in total. The highest BCUT2D eigenvalue weighted by Crippen LogP contribution is 2.22. The molecule has 4 rings (SSSR count). The fourth-order valence-electron chi connectivity index (χ4n) is 4.21. The molecule has 2 aromatic heterocycles. The van der Waals surface area contributed by atoms with Gasteiger partial charge in [-0.05, 0) is 24.8 Å². The van der Waals surface area contributed by atoms with Crippen molar-refractivity contribution in [2.75, 3.05) is 43.4 Å². The number of piperazine rings is 1. The molecule has 2 aromatic rings. The second kappa shape index (κ2) is 9.62. The fraction of sp³-hybridized carbons (Fsp3) is 0.667. The van der Waals surface area contributed by atoms with Gasteiger partial charge in [-0.3, -0.25) is 4.90 Å². The summed E-state index contributed by atoms with van der Waals surface area (Å²) in [5, 5.41) is 0.183. The van der Waals surface area contributed by atoms with Crippen LogP contribution in [0.1, 0.15) is 32.4 Å². The lowest BCUT2D eigenvalue weighted by Crippen LogP contribution is -2.46. The van der Waals surface area contributed by atoms with Gasteiger partial charge in [-0.25, -0.2) is 23.4 Å². The first-order chi connectivity index (χ1) is 14.9. The maximum Gasteiger partial charge on any atom is 0.227 e. The number of anilines is 1. The molecule has 4 heterocycles. The van der Waals surface area contributed by atoms with Gasteiger partial charge in [0.05, 0.1) is 23.7 Å². The largest absolute Gasteiger partial charge is 0.377 e. The molecule has 0 spiro atoms. The Morgan fingerprint density at radius 2 is 1.87 bits per heavy atom. The van der Waals surface area contributed by atoms with E-state index >= 15 is 0 Å². The number of ether oxygens (including phenoxy) is 1. The summed E-state index contributed by atoms with van der Waals surface area (Å²) in [4.78, 5) is 17.6. The van der Waals surface area contributed by atoms with Crippen LogP contribution in [-0.2, 0) is 27.7 Å². The van der Waals surface area contributed by atoms with E-state index in [1.54, 1.807) is 18.6 Å². The zero-order valence-corrected chi connectivity index (χ0v) is 19.2. The Morgan fingerprint density at radius 1 is 1.13 bits per heavy atom. The van der Waals surface area contributed by atoms with Gasteiger partial charge in [0.15, 0.2) is 0 Å². The minimum atomic E-state index is -3.50. The molecule has 1 atom stereocenters. The quantitative estimate of drug-likeness (QED) is 0.601. The Labute approximate surface area is 184 Å². The van der Waals surface area contributed by atoms with E-state index < -0.39 is 9.84 Å². The number of nitrogens with zero attached hydrogens (tertiary/aromatic N) is 6. The van der Waals surface area contributed by atoms with E-state index in [1.165, 1.54) is 0 Å². The van der Waals surface area contributed by atoms with Crippen LogP contribution >= 0.6 is 0 Å². The van der Waals surface area contributed by atoms with Crippen LogP contribution in [0.3, 0.4) is 0 Å². The molecule has 1 unspecified atom stereocenters. The van der Waals surface area contributed by atoms with Gasteiger partial charge < -0.3 is 14.2 Å². The smallest absolute Gasteiger partial charge is 0.227 e. The number of rotatable bonds is 8. The summed E-state index contributed by atoms with van der Waals surface area (Å²) >= 11 is 0. The number of hydrogen-bond acceptors (Lipinski definition) is 8. The van der Waals surface area contributed by atoms with Crippen LogP contribution in [0.25, 0.3) is 0 Å². The molecule has 0 radical (unpaired) electrons. The molecule has 2 aliphatic rings. The topological polar surface area (TPSA) is 93.5 Å². The van der Waals surface area contributed by atoms with Crippen molar-refractivity contribution in [3.05, 3.63) is 30.4 Å². The van der Waals surface area contributed by atoms with Gasteiger partial charge in [-0.1, -0.05) is 13.8 Å². The summed E-state index contributed by atoms with van der Waals surface area (Å²) in [6.07, 6.45) is 6.76. The molecule has 31 heavy (non-hydrogen) atoms. The Kier molecular flexibility index (Phi) is 6.88. The van der Waals surface area contributed by atoms with Crippen molar-refractivity contribution in [1.82, 2.24) is 24.4 Å². The highest BCUT2D eigenvalue weighted by molar-refractivity contribution is 7.91. The van der Waals surface area contributed by atoms with Crippen LogP contribution in [0.2, 0.25) is 0 Å². The van der Waals surface area contributed by atoms with E-state index in [1.807, 2.05) is 10.6 Å². The van der Waals surface area contributed by atoms with Gasteiger partial charge >= 0.3 is 0 Å². The van der Waals surface area contributed by atoms with Crippen molar-refractivity contribution < 1.29 is 13.2 Å². The number of hydrogen-bond donors (Lipinski definition) is 0. The Bertz CT molecular complexity index is 949. The molecule has 170 valence electrons. The number of aromatic nitrogens is 4. The fourth-order valence-corrected chi connectivity index (χ4v) is 5.85. The molecule has 0 amide bonds. The third-order valence-corrected chi connectivity index (χ3v) is 7.44. The van der Waals surface area contributed by atoms with E-state index in [2.05, 4.69) is 38.6 Å². The summed E-state index contributed by atoms with van der Waals surface area (Å²) in [6, 6.07) is 1.82. The van der Waals surface area contributed by atoms with Crippen molar-refractivity contribution in [2.45, 2.75) is 51.0 Å². The maximum absolute atomic E-state index is 13.1. The molecule has 0 aromatic carbocycles. The second-order valence-electron chi connectivity index (χ2n) is 8.76. The van der Waals surface area contributed by atoms with Crippen LogP contribution in [0, 0.1) is 5.92 Å². The summed E-state index contributed by atoms with van der Waals surface area (Å²) in [5.41, 5.74) is 0.948. The molecule has 2 fully saturated rings. The van der Waals surface area contributed by atoms with Gasteiger partial charge in [0.1, 0.15) is 0 Å². The van der Waals surface area contributed by atoms with Crippen molar-refractivity contribution in [3.8, 4) is 0 Å². The number of imidazole rings is 1. The molecule has 10 heteroatoms. The van der Waals surface area contributed by atoms with Crippen molar-refractivity contribution in [3.63, 3.8) is 0 Å². The minimum absolute atomic E-state index is 0.0112. The third-order valence-electron chi connectivity index (χ3n) is 5.75. The molecule has 0 bridgehead atoms. The van der Waals surface area contributed by atoms with Gasteiger partial charge in [-0.15, -0.1) is 0 Å². The first kappa shape index (κ1) is 22.2. The van der Waals surface area contributed by atoms with E-state index in [0.717, 1.165) is 50.7 Å². The van der Waals surface area contributed by atoms with E-state index in [9.17, 15) is 8.42 Å². The molecule has 9 nitrogen and oxygen atoms in total. The van der Waals surface area contributed by atoms with Crippen molar-refractivity contribution in [1.29, 1.82) is 0 Å². The zero-order chi connectivity index (χ0) is 21.8. The molecular formula is C21H32N6O3S. The lowest BCUT2D eigenvalue weighted by Gasteiger charge is -2.34. The zero-order valence-electron chi connectivity index (χ0n) is 18.4. The highest BCUT2D eigenvalue weighted by atomic mass is 32.2. The van der Waals surface area contributed by atoms with E-state index in [0.29, 0.717) is 25.6 Å². The summed E-state index contributed by atoms with van der Waals surface area (Å²) in [7, 11) is -3.50. The first-order valence-electron chi connectivity index (χ1n) is 11.1. The summed E-state index contributed by atoms with van der Waals surface area (Å²) < 4.78 is 33.7. The monoisotopic (exact) mass is 448 g/mol. The second-order valence-corrected chi connectivity index (χ2v) is 10.7. The van der Waals surface area contributed by atoms with Crippen LogP contribution in [0.4, 0.5) is 5.95 Å². The average molecular weight is 449 g/mol. The van der Waals surface area contributed by atoms with Gasteiger partial charge in [-0.2, -0.15) is 0 Å². The minimum Gasteiger partial charge on any atom is -0.377 e. The molecule has 0 aliphatic carbocycles. The molecule has 2 saturated heterocycles. The molecular weight excluding hydrogens is 416 g/mol. The van der Waals surface area contributed by atoms with Crippen molar-refractivity contribution in [2.24, 2.45) is 5.92 Å². The predicted molar refractivity (Wildman–Crippen MR) is 118 cm³/mol. The van der Waals surface area contributed by atoms with Crippen LogP contribution < -0.4 is 4.90 Å². The SMILES string of the molecule is CC(C)Cn1c(CN2CCN(c3ncccn3)CC2)cnc1S(=O)(=O)CC1CCCO1. The summed E-state index contributed by atoms with van der Waals surface area (Å²) in [6.45, 7) is 9.56. The van der Waals surface area contributed by atoms with E-state index in [4.69, 9.17) is 4.74 Å². The molecule has 0 saturated carbocycles. The first-order valence-corrected chi connectivity index (χ1v) is 12.7. The Hall–Kier alpha value is -2.04. The van der Waals surface area contributed by atoms with Gasteiger partial charge in [0, 0.05) is 58.3 Å². The van der Waals surface area contributed by atoms with E-state index in [-0.39, 0.29) is 17.0 Å². The van der Waals surface area contributed by atoms with Crippen LogP contribution in [0.5, 0.6) is 0 Å². The highest BCUT2D eigenvalue weighted by Gasteiger charge is 2.30. The Balaban J connectivity index is 1.46. The Morgan fingerprint density at radius 3 is 2.52 bits per heavy atom. The normalized spacial score (nSPS) is 20.6. The standard InChI is InChI=1S/C21H32N6O3S/c1-17(2)14-27-18(13-24-21(27)31(28,29)16-19-5-3-12-30-19)15-25-8-10-26(11-9-25)20-22-6-4-7-23-20/h4,6-7,13,17,19H,3,5,8-12,14-16H2,1-2H3. The van der Waals surface area contributed by atoms with Crippen LogP contribution in [-0.4, -0.2) is 77.5 Å². The lowest BCUT2D eigenvalue weighted by atomic mass is 10.2. The average Bonchev–Trinajstić information content (AvgIpc) is 3.39. The molecule has 2 aliphatic heterocycles. The van der Waals surface area contributed by atoms with Crippen molar-refractivity contribution >= 4 is 15.8 Å². The lowest BCUT2D eigenvalue weighted by molar-refractivity contribution is 0.127. The van der Waals surface area contributed by atoms with Gasteiger partial charge in [0.25, 0.3) is 0 Å². The number of sulfone groups is 1. The predicted octanol–water partition coefficient (Wildman–Crippen LogP) is 1.60. The summed E-state index contributed by atoms with van der Waals surface area (Å²) in [5.74, 6) is 1.09. The third kappa shape index (κ3) is 5.42. The maximum atomic E-state index is 13.1. The van der Waals surface area contributed by atoms with Gasteiger partial charge in [0.2, 0.25) is 20.9 Å². The van der Waals surface area contributed by atoms with Crippen LogP contribution in [0.15, 0.2) is 29.8 Å².